The highest BCUT2D eigenvalue weighted by Gasteiger charge is 2.28. The molecule has 1 aliphatic heterocycles. The topological polar surface area (TPSA) is 109 Å². The predicted molar refractivity (Wildman–Crippen MR) is 85.8 cm³/mol. The van der Waals surface area contributed by atoms with Crippen LogP contribution in [0, 0.1) is 11.6 Å². The number of piperazine rings is 1. The molecule has 142 valence electrons. The van der Waals surface area contributed by atoms with Gasteiger partial charge >= 0.3 is 5.97 Å². The standard InChI is InChI=1S/C16H15F2N5O4/c17-10-2-1-3-11(18)14(10)15(25)22-6-4-21(5-7-22)13(24)9-23-8-12(16(26)27)19-20-23/h1-3,8H,4-7,9H2,(H,26,27). The van der Waals surface area contributed by atoms with Crippen molar-refractivity contribution in [1.82, 2.24) is 24.8 Å². The van der Waals surface area contributed by atoms with E-state index in [2.05, 4.69) is 10.3 Å². The quantitative estimate of drug-likeness (QED) is 0.815. The minimum absolute atomic E-state index is 0.121. The lowest BCUT2D eigenvalue weighted by atomic mass is 10.1. The van der Waals surface area contributed by atoms with Gasteiger partial charge in [-0.2, -0.15) is 0 Å². The third-order valence-corrected chi connectivity index (χ3v) is 4.15. The van der Waals surface area contributed by atoms with Crippen LogP contribution in [0.1, 0.15) is 20.8 Å². The number of rotatable bonds is 4. The maximum Gasteiger partial charge on any atom is 0.358 e. The Kier molecular flexibility index (Phi) is 5.10. The Morgan fingerprint density at radius 3 is 2.19 bits per heavy atom. The van der Waals surface area contributed by atoms with E-state index in [0.29, 0.717) is 0 Å². The van der Waals surface area contributed by atoms with Crippen LogP contribution in [0.5, 0.6) is 0 Å². The van der Waals surface area contributed by atoms with E-state index in [1.54, 1.807) is 0 Å². The number of carboxylic acids is 1. The number of aromatic nitrogens is 3. The Bertz CT molecular complexity index is 872. The summed E-state index contributed by atoms with van der Waals surface area (Å²) in [7, 11) is 0. The molecule has 1 aliphatic rings. The van der Waals surface area contributed by atoms with Crippen molar-refractivity contribution in [3.8, 4) is 0 Å². The van der Waals surface area contributed by atoms with Gasteiger partial charge in [-0.1, -0.05) is 11.3 Å². The lowest BCUT2D eigenvalue weighted by Crippen LogP contribution is -2.51. The average Bonchev–Trinajstić information content (AvgIpc) is 3.10. The smallest absolute Gasteiger partial charge is 0.358 e. The molecule has 1 aromatic heterocycles. The molecule has 2 aromatic rings. The molecule has 3 rings (SSSR count). The highest BCUT2D eigenvalue weighted by Crippen LogP contribution is 2.16. The molecule has 0 aliphatic carbocycles. The van der Waals surface area contributed by atoms with Crippen LogP contribution >= 0.6 is 0 Å². The number of halogens is 2. The minimum atomic E-state index is -1.25. The largest absolute Gasteiger partial charge is 0.476 e. The molecule has 27 heavy (non-hydrogen) atoms. The Hall–Kier alpha value is -3.37. The van der Waals surface area contributed by atoms with Crippen LogP contribution < -0.4 is 0 Å². The summed E-state index contributed by atoms with van der Waals surface area (Å²) in [5.74, 6) is -4.21. The van der Waals surface area contributed by atoms with Crippen molar-refractivity contribution in [2.24, 2.45) is 0 Å². The van der Waals surface area contributed by atoms with Crippen LogP contribution in [-0.2, 0) is 11.3 Å². The molecular weight excluding hydrogens is 364 g/mol. The molecule has 0 spiro atoms. The fraction of sp³-hybridized carbons (Fsp3) is 0.312. The molecule has 0 bridgehead atoms. The van der Waals surface area contributed by atoms with E-state index in [0.717, 1.165) is 23.0 Å². The van der Waals surface area contributed by atoms with Gasteiger partial charge in [0, 0.05) is 26.2 Å². The normalized spacial score (nSPS) is 14.3. The molecule has 0 atom stereocenters. The average molecular weight is 379 g/mol. The second-order valence-corrected chi connectivity index (χ2v) is 5.88. The number of carbonyl (C=O) groups excluding carboxylic acids is 2. The zero-order valence-electron chi connectivity index (χ0n) is 14.0. The minimum Gasteiger partial charge on any atom is -0.476 e. The number of nitrogens with zero attached hydrogens (tertiary/aromatic N) is 5. The first-order valence-corrected chi connectivity index (χ1v) is 8.01. The number of carbonyl (C=O) groups is 3. The first kappa shape index (κ1) is 18.4. The third-order valence-electron chi connectivity index (χ3n) is 4.15. The molecular formula is C16H15F2N5O4. The second kappa shape index (κ2) is 7.48. The summed E-state index contributed by atoms with van der Waals surface area (Å²) in [6.45, 7) is 0.407. The van der Waals surface area contributed by atoms with Crippen molar-refractivity contribution < 1.29 is 28.3 Å². The van der Waals surface area contributed by atoms with Crippen LogP contribution in [0.3, 0.4) is 0 Å². The van der Waals surface area contributed by atoms with E-state index >= 15 is 0 Å². The van der Waals surface area contributed by atoms with Gasteiger partial charge in [0.25, 0.3) is 5.91 Å². The molecule has 0 unspecified atom stereocenters. The lowest BCUT2D eigenvalue weighted by Gasteiger charge is -2.34. The van der Waals surface area contributed by atoms with Gasteiger partial charge in [0.2, 0.25) is 5.91 Å². The molecule has 1 aromatic carbocycles. The molecule has 0 saturated carbocycles. The number of amides is 2. The maximum absolute atomic E-state index is 13.8. The Morgan fingerprint density at radius 1 is 1.04 bits per heavy atom. The molecule has 2 amide bonds. The SMILES string of the molecule is O=C(O)c1cn(CC(=O)N2CCN(C(=O)c3c(F)cccc3F)CC2)nn1. The Morgan fingerprint density at radius 2 is 1.63 bits per heavy atom. The van der Waals surface area contributed by atoms with Gasteiger partial charge in [-0.3, -0.25) is 9.59 Å². The number of hydrogen-bond donors (Lipinski definition) is 1. The van der Waals surface area contributed by atoms with E-state index in [4.69, 9.17) is 5.11 Å². The zero-order chi connectivity index (χ0) is 19.6. The van der Waals surface area contributed by atoms with Gasteiger partial charge in [0.05, 0.1) is 6.20 Å². The zero-order valence-corrected chi connectivity index (χ0v) is 14.0. The van der Waals surface area contributed by atoms with Gasteiger partial charge in [0.15, 0.2) is 5.69 Å². The Balaban J connectivity index is 1.58. The molecule has 11 heteroatoms. The van der Waals surface area contributed by atoms with Crippen molar-refractivity contribution in [2.75, 3.05) is 26.2 Å². The van der Waals surface area contributed by atoms with E-state index in [9.17, 15) is 23.2 Å². The van der Waals surface area contributed by atoms with Crippen molar-refractivity contribution in [3.63, 3.8) is 0 Å². The van der Waals surface area contributed by atoms with Crippen LogP contribution in [0.15, 0.2) is 24.4 Å². The van der Waals surface area contributed by atoms with Crippen LogP contribution in [0.2, 0.25) is 0 Å². The van der Waals surface area contributed by atoms with E-state index in [1.165, 1.54) is 15.9 Å². The summed E-state index contributed by atoms with van der Waals surface area (Å²) >= 11 is 0. The predicted octanol–water partition coefficient (Wildman–Crippen LogP) is 0.239. The number of carboxylic acid groups (broad SMARTS) is 1. The summed E-state index contributed by atoms with van der Waals surface area (Å²) < 4.78 is 28.6. The van der Waals surface area contributed by atoms with E-state index in [1.807, 2.05) is 0 Å². The molecule has 0 radical (unpaired) electrons. The first-order valence-electron chi connectivity index (χ1n) is 8.01. The first-order chi connectivity index (χ1) is 12.9. The summed E-state index contributed by atoms with van der Waals surface area (Å²) in [6, 6.07) is 3.21. The highest BCUT2D eigenvalue weighted by atomic mass is 19.1. The second-order valence-electron chi connectivity index (χ2n) is 5.88. The highest BCUT2D eigenvalue weighted by molar-refractivity contribution is 5.95. The van der Waals surface area contributed by atoms with Gasteiger partial charge in [0.1, 0.15) is 23.7 Å². The molecule has 1 N–H and O–H groups in total. The van der Waals surface area contributed by atoms with E-state index < -0.39 is 29.1 Å². The summed E-state index contributed by atoms with van der Waals surface area (Å²) in [4.78, 5) is 38.1. The third kappa shape index (κ3) is 3.91. The van der Waals surface area contributed by atoms with Crippen molar-refractivity contribution >= 4 is 17.8 Å². The summed E-state index contributed by atoms with van der Waals surface area (Å²) in [5.41, 5.74) is -0.883. The summed E-state index contributed by atoms with van der Waals surface area (Å²) in [6.07, 6.45) is 1.14. The van der Waals surface area contributed by atoms with Gasteiger partial charge in [-0.25, -0.2) is 18.3 Å². The molecule has 9 nitrogen and oxygen atoms in total. The van der Waals surface area contributed by atoms with Gasteiger partial charge < -0.3 is 14.9 Å². The monoisotopic (exact) mass is 379 g/mol. The molecule has 1 fully saturated rings. The van der Waals surface area contributed by atoms with Crippen molar-refractivity contribution in [1.29, 1.82) is 0 Å². The molecule has 1 saturated heterocycles. The van der Waals surface area contributed by atoms with Crippen LogP contribution in [-0.4, -0.2) is 73.9 Å². The number of hydrogen-bond acceptors (Lipinski definition) is 5. The fourth-order valence-corrected chi connectivity index (χ4v) is 2.73. The fourth-order valence-electron chi connectivity index (χ4n) is 2.73. The maximum atomic E-state index is 13.8. The molecule has 2 heterocycles. The summed E-state index contributed by atoms with van der Waals surface area (Å²) in [5, 5.41) is 15.8. The van der Waals surface area contributed by atoms with Gasteiger partial charge in [-0.05, 0) is 12.1 Å². The van der Waals surface area contributed by atoms with Crippen molar-refractivity contribution in [3.05, 3.63) is 47.3 Å². The van der Waals surface area contributed by atoms with Crippen LogP contribution in [0.4, 0.5) is 8.78 Å². The van der Waals surface area contributed by atoms with Crippen molar-refractivity contribution in [2.45, 2.75) is 6.54 Å². The van der Waals surface area contributed by atoms with Crippen LogP contribution in [0.25, 0.3) is 0 Å². The Labute approximate surface area is 151 Å². The van der Waals surface area contributed by atoms with E-state index in [-0.39, 0.29) is 44.3 Å². The number of benzene rings is 1. The van der Waals surface area contributed by atoms with Gasteiger partial charge in [-0.15, -0.1) is 5.10 Å². The number of aromatic carboxylic acids is 1. The lowest BCUT2D eigenvalue weighted by molar-refractivity contribution is -0.133.